The summed E-state index contributed by atoms with van der Waals surface area (Å²) in [5.74, 6) is -2.10. The standard InChI is InChI=1S/C12H12N2O6S/c1-12(11(18)19)5-21-10(14-12)9-7(15)2-6(3-13-9)20-4-8(16)17/h2-3,15H,4-5H2,1H3,(H,16,17)(H,18,19). The third-order valence-corrected chi connectivity index (χ3v) is 3.97. The van der Waals surface area contributed by atoms with Gasteiger partial charge in [-0.1, -0.05) is 0 Å². The molecule has 0 saturated carbocycles. The van der Waals surface area contributed by atoms with Crippen LogP contribution >= 0.6 is 11.8 Å². The zero-order valence-corrected chi connectivity index (χ0v) is 11.8. The first-order chi connectivity index (χ1) is 9.82. The third kappa shape index (κ3) is 3.24. The van der Waals surface area contributed by atoms with Gasteiger partial charge in [0.1, 0.15) is 22.2 Å². The molecule has 112 valence electrons. The molecule has 0 bridgehead atoms. The molecular formula is C12H12N2O6S. The van der Waals surface area contributed by atoms with Crippen LogP contribution in [0.4, 0.5) is 0 Å². The van der Waals surface area contributed by atoms with E-state index in [2.05, 4.69) is 9.98 Å². The van der Waals surface area contributed by atoms with Gasteiger partial charge in [0.05, 0.1) is 6.20 Å². The molecule has 1 aromatic rings. The Kier molecular flexibility index (Phi) is 4.03. The van der Waals surface area contributed by atoms with Crippen LogP contribution < -0.4 is 4.74 Å². The Morgan fingerprint density at radius 2 is 2.19 bits per heavy atom. The van der Waals surface area contributed by atoms with Gasteiger partial charge >= 0.3 is 11.9 Å². The Balaban J connectivity index is 2.22. The third-order valence-electron chi connectivity index (χ3n) is 2.71. The lowest BCUT2D eigenvalue weighted by molar-refractivity contribution is -0.141. The number of carbonyl (C=O) groups is 2. The molecule has 0 amide bonds. The molecule has 0 radical (unpaired) electrons. The number of aliphatic carboxylic acids is 2. The van der Waals surface area contributed by atoms with Crippen molar-refractivity contribution in [1.82, 2.24) is 4.98 Å². The van der Waals surface area contributed by atoms with Gasteiger partial charge in [0, 0.05) is 11.8 Å². The summed E-state index contributed by atoms with van der Waals surface area (Å²) >= 11 is 1.18. The van der Waals surface area contributed by atoms with Crippen LogP contribution in [-0.2, 0) is 9.59 Å². The van der Waals surface area contributed by atoms with E-state index >= 15 is 0 Å². The lowest BCUT2D eigenvalue weighted by Gasteiger charge is -2.11. The maximum atomic E-state index is 11.1. The molecule has 8 nitrogen and oxygen atoms in total. The van der Waals surface area contributed by atoms with Crippen molar-refractivity contribution in [2.75, 3.05) is 12.4 Å². The zero-order valence-electron chi connectivity index (χ0n) is 10.9. The van der Waals surface area contributed by atoms with Crippen molar-refractivity contribution in [1.29, 1.82) is 0 Å². The van der Waals surface area contributed by atoms with Gasteiger partial charge in [-0.05, 0) is 6.92 Å². The van der Waals surface area contributed by atoms with Gasteiger partial charge in [-0.25, -0.2) is 14.6 Å². The quantitative estimate of drug-likeness (QED) is 0.720. The van der Waals surface area contributed by atoms with E-state index in [1.807, 2.05) is 0 Å². The van der Waals surface area contributed by atoms with Crippen LogP contribution in [0.1, 0.15) is 12.6 Å². The van der Waals surface area contributed by atoms with Crippen molar-refractivity contribution < 1.29 is 29.6 Å². The molecule has 1 aliphatic rings. The number of nitrogens with zero attached hydrogens (tertiary/aromatic N) is 2. The molecule has 2 rings (SSSR count). The lowest BCUT2D eigenvalue weighted by atomic mass is 10.1. The number of hydrogen-bond acceptors (Lipinski definition) is 7. The van der Waals surface area contributed by atoms with E-state index < -0.39 is 24.1 Å². The fourth-order valence-electron chi connectivity index (χ4n) is 1.55. The summed E-state index contributed by atoms with van der Waals surface area (Å²) in [7, 11) is 0. The van der Waals surface area contributed by atoms with Gasteiger partial charge in [0.15, 0.2) is 12.1 Å². The van der Waals surface area contributed by atoms with Crippen molar-refractivity contribution in [3.63, 3.8) is 0 Å². The summed E-state index contributed by atoms with van der Waals surface area (Å²) in [5, 5.41) is 27.8. The van der Waals surface area contributed by atoms with Crippen LogP contribution in [0.15, 0.2) is 17.3 Å². The molecule has 1 aromatic heterocycles. The number of pyridine rings is 1. The van der Waals surface area contributed by atoms with Gasteiger partial charge in [-0.2, -0.15) is 0 Å². The zero-order chi connectivity index (χ0) is 15.6. The number of carboxylic acid groups (broad SMARTS) is 2. The summed E-state index contributed by atoms with van der Waals surface area (Å²) in [6.07, 6.45) is 1.25. The molecule has 0 spiro atoms. The summed E-state index contributed by atoms with van der Waals surface area (Å²) in [6, 6.07) is 1.21. The summed E-state index contributed by atoms with van der Waals surface area (Å²) < 4.78 is 4.88. The number of ether oxygens (including phenoxy) is 1. The van der Waals surface area contributed by atoms with E-state index in [-0.39, 0.29) is 22.9 Å². The Bertz CT molecular complexity index is 632. The highest BCUT2D eigenvalue weighted by atomic mass is 32.2. The fourth-order valence-corrected chi connectivity index (χ4v) is 2.72. The minimum atomic E-state index is -1.24. The maximum absolute atomic E-state index is 11.1. The summed E-state index contributed by atoms with van der Waals surface area (Å²) in [5.41, 5.74) is -1.10. The van der Waals surface area contributed by atoms with Gasteiger partial charge < -0.3 is 20.1 Å². The smallest absolute Gasteiger partial charge is 0.341 e. The topological polar surface area (TPSA) is 129 Å². The highest BCUT2D eigenvalue weighted by molar-refractivity contribution is 8.14. The number of aromatic hydroxyl groups is 1. The van der Waals surface area contributed by atoms with E-state index in [4.69, 9.17) is 14.9 Å². The van der Waals surface area contributed by atoms with E-state index in [0.29, 0.717) is 5.04 Å². The van der Waals surface area contributed by atoms with Gasteiger partial charge in [-0.15, -0.1) is 11.8 Å². The normalized spacial score (nSPS) is 20.9. The number of carboxylic acids is 2. The molecule has 1 unspecified atom stereocenters. The van der Waals surface area contributed by atoms with Crippen LogP contribution in [0, 0.1) is 0 Å². The minimum absolute atomic E-state index is 0.100. The second kappa shape index (κ2) is 5.60. The lowest BCUT2D eigenvalue weighted by Crippen LogP contribution is -2.33. The predicted octanol–water partition coefficient (Wildman–Crippen LogP) is 0.587. The average molecular weight is 312 g/mol. The first-order valence-electron chi connectivity index (χ1n) is 5.82. The first-order valence-corrected chi connectivity index (χ1v) is 6.80. The molecule has 0 fully saturated rings. The van der Waals surface area contributed by atoms with E-state index in [1.54, 1.807) is 0 Å². The van der Waals surface area contributed by atoms with E-state index in [0.717, 1.165) is 0 Å². The fraction of sp³-hybridized carbons (Fsp3) is 0.333. The van der Waals surface area contributed by atoms with E-state index in [1.165, 1.54) is 30.9 Å². The molecule has 2 heterocycles. The number of thioether (sulfide) groups is 1. The summed E-state index contributed by atoms with van der Waals surface area (Å²) in [4.78, 5) is 29.5. The largest absolute Gasteiger partial charge is 0.505 e. The Labute approximate surface area is 123 Å². The molecule has 0 aliphatic carbocycles. The van der Waals surface area contributed by atoms with Crippen molar-refractivity contribution in [3.8, 4) is 11.5 Å². The average Bonchev–Trinajstić information content (AvgIpc) is 2.80. The molecular weight excluding hydrogens is 300 g/mol. The highest BCUT2D eigenvalue weighted by Crippen LogP contribution is 2.34. The minimum Gasteiger partial charge on any atom is -0.505 e. The Morgan fingerprint density at radius 3 is 2.71 bits per heavy atom. The number of aliphatic imine (C=N–C) groups is 1. The van der Waals surface area contributed by atoms with Crippen molar-refractivity contribution in [2.45, 2.75) is 12.5 Å². The van der Waals surface area contributed by atoms with Crippen molar-refractivity contribution in [2.24, 2.45) is 4.99 Å². The van der Waals surface area contributed by atoms with E-state index in [9.17, 15) is 14.7 Å². The second-order valence-corrected chi connectivity index (χ2v) is 5.47. The van der Waals surface area contributed by atoms with Crippen LogP contribution in [0.2, 0.25) is 0 Å². The van der Waals surface area contributed by atoms with Crippen molar-refractivity contribution >= 4 is 28.7 Å². The molecule has 1 aliphatic heterocycles. The second-order valence-electron chi connectivity index (χ2n) is 4.51. The van der Waals surface area contributed by atoms with Crippen LogP contribution in [0.3, 0.4) is 0 Å². The molecule has 21 heavy (non-hydrogen) atoms. The maximum Gasteiger partial charge on any atom is 0.341 e. The summed E-state index contributed by atoms with van der Waals surface area (Å²) in [6.45, 7) is 0.934. The highest BCUT2D eigenvalue weighted by Gasteiger charge is 2.39. The van der Waals surface area contributed by atoms with Gasteiger partial charge in [0.2, 0.25) is 0 Å². The molecule has 0 saturated heterocycles. The number of rotatable bonds is 5. The molecule has 1 atom stereocenters. The monoisotopic (exact) mass is 312 g/mol. The van der Waals surface area contributed by atoms with Gasteiger partial charge in [0.25, 0.3) is 0 Å². The van der Waals surface area contributed by atoms with Crippen LogP contribution in [-0.4, -0.2) is 55.2 Å². The molecule has 0 aromatic carbocycles. The molecule has 9 heteroatoms. The SMILES string of the molecule is CC1(C(=O)O)CSC(c2ncc(OCC(=O)O)cc2O)=N1. The Hall–Kier alpha value is -2.29. The number of aromatic nitrogens is 1. The van der Waals surface area contributed by atoms with Crippen molar-refractivity contribution in [3.05, 3.63) is 18.0 Å². The molecule has 3 N–H and O–H groups in total. The first kappa shape index (κ1) is 15.1. The Morgan fingerprint density at radius 1 is 1.48 bits per heavy atom. The number of hydrogen-bond donors (Lipinski definition) is 3. The van der Waals surface area contributed by atoms with Gasteiger partial charge in [-0.3, -0.25) is 4.99 Å². The van der Waals surface area contributed by atoms with Crippen LogP contribution in [0.25, 0.3) is 0 Å². The van der Waals surface area contributed by atoms with Crippen LogP contribution in [0.5, 0.6) is 11.5 Å². The predicted molar refractivity (Wildman–Crippen MR) is 74.1 cm³/mol.